The Morgan fingerprint density at radius 2 is 1.70 bits per heavy atom. The molecule has 0 N–H and O–H groups in total. The number of hydrogen-bond acceptors (Lipinski definition) is 9. The molecule has 43 heavy (non-hydrogen) atoms. The molecule has 0 radical (unpaired) electrons. The Morgan fingerprint density at radius 3 is 2.40 bits per heavy atom. The fourth-order valence-electron chi connectivity index (χ4n) is 5.35. The van der Waals surface area contributed by atoms with Crippen LogP contribution in [0.15, 0.2) is 59.5 Å². The summed E-state index contributed by atoms with van der Waals surface area (Å²) < 4.78 is 42.6. The lowest BCUT2D eigenvalue weighted by molar-refractivity contribution is -0.144. The van der Waals surface area contributed by atoms with Crippen LogP contribution in [0.1, 0.15) is 41.3 Å². The van der Waals surface area contributed by atoms with Crippen molar-refractivity contribution in [3.8, 4) is 34.1 Å². The van der Waals surface area contributed by atoms with Crippen molar-refractivity contribution in [2.75, 3.05) is 28.4 Å². The molecule has 0 spiro atoms. The number of carbonyl (C=O) groups excluding carboxylic acids is 1. The molecule has 0 aliphatic heterocycles. The van der Waals surface area contributed by atoms with Gasteiger partial charge in [-0.15, -0.1) is 5.10 Å². The van der Waals surface area contributed by atoms with E-state index >= 15 is 0 Å². The summed E-state index contributed by atoms with van der Waals surface area (Å²) in [5, 5.41) is 8.69. The summed E-state index contributed by atoms with van der Waals surface area (Å²) in [6.45, 7) is 0.0578. The Kier molecular flexibility index (Phi) is 8.89. The van der Waals surface area contributed by atoms with Crippen molar-refractivity contribution in [1.29, 1.82) is 0 Å². The van der Waals surface area contributed by atoms with Gasteiger partial charge in [0.15, 0.2) is 17.2 Å². The fourth-order valence-corrected chi connectivity index (χ4v) is 5.35. The van der Waals surface area contributed by atoms with Crippen LogP contribution in [-0.2, 0) is 29.0 Å². The Balaban J connectivity index is 1.45. The van der Waals surface area contributed by atoms with Gasteiger partial charge in [0.1, 0.15) is 12.4 Å². The molecule has 0 saturated carbocycles. The maximum absolute atomic E-state index is 13.1. The van der Waals surface area contributed by atoms with Gasteiger partial charge in [-0.3, -0.25) is 9.59 Å². The van der Waals surface area contributed by atoms with Crippen LogP contribution in [0.5, 0.6) is 23.0 Å². The van der Waals surface area contributed by atoms with Crippen LogP contribution in [0.4, 0.5) is 4.39 Å². The van der Waals surface area contributed by atoms with Gasteiger partial charge in [-0.25, -0.2) is 9.07 Å². The Bertz CT molecular complexity index is 1690. The summed E-state index contributed by atoms with van der Waals surface area (Å²) in [6, 6.07) is 12.4. The highest BCUT2D eigenvalue weighted by Crippen LogP contribution is 2.50. The zero-order valence-corrected chi connectivity index (χ0v) is 24.4. The molecule has 1 heterocycles. The molecule has 0 bridgehead atoms. The van der Waals surface area contributed by atoms with E-state index in [9.17, 15) is 14.0 Å². The smallest absolute Gasteiger partial charge is 0.306 e. The third-order valence-electron chi connectivity index (χ3n) is 7.46. The van der Waals surface area contributed by atoms with Crippen LogP contribution in [-0.4, -0.2) is 49.4 Å². The van der Waals surface area contributed by atoms with Crippen LogP contribution >= 0.6 is 0 Å². The molecule has 0 saturated heterocycles. The first kappa shape index (κ1) is 29.6. The largest absolute Gasteiger partial charge is 0.493 e. The number of methoxy groups -OCH3 is 4. The minimum atomic E-state index is -0.403. The summed E-state index contributed by atoms with van der Waals surface area (Å²) >= 11 is 0. The molecule has 1 aromatic heterocycles. The van der Waals surface area contributed by atoms with E-state index in [2.05, 4.69) is 10.3 Å². The van der Waals surface area contributed by atoms with Gasteiger partial charge in [0, 0.05) is 18.2 Å². The van der Waals surface area contributed by atoms with Gasteiger partial charge < -0.3 is 23.7 Å². The first-order valence-corrected chi connectivity index (χ1v) is 13.7. The molecule has 224 valence electrons. The van der Waals surface area contributed by atoms with E-state index in [-0.39, 0.29) is 36.1 Å². The number of aryl methyl sites for hydroxylation is 2. The molecule has 10 nitrogen and oxygen atoms in total. The monoisotopic (exact) mass is 589 g/mol. The van der Waals surface area contributed by atoms with Gasteiger partial charge in [0.2, 0.25) is 11.2 Å². The molecule has 11 heteroatoms. The average Bonchev–Trinajstić information content (AvgIpc) is 3.36. The lowest BCUT2D eigenvalue weighted by Gasteiger charge is -2.19. The summed E-state index contributed by atoms with van der Waals surface area (Å²) in [5.41, 5.74) is 4.25. The molecular formula is C32H32FN3O7. The zero-order valence-electron chi connectivity index (χ0n) is 24.4. The van der Waals surface area contributed by atoms with E-state index in [1.54, 1.807) is 56.5 Å². The van der Waals surface area contributed by atoms with Gasteiger partial charge in [0.25, 0.3) is 0 Å². The second-order valence-electron chi connectivity index (χ2n) is 9.99. The molecule has 0 unspecified atom stereocenters. The fraction of sp³-hybridized carbons (Fsp3) is 0.312. The highest BCUT2D eigenvalue weighted by atomic mass is 19.1. The summed E-state index contributed by atoms with van der Waals surface area (Å²) in [5.74, 6) is 0.926. The maximum Gasteiger partial charge on any atom is 0.306 e. The number of rotatable bonds is 10. The quantitative estimate of drug-likeness (QED) is 0.243. The Labute approximate surface area is 247 Å². The third kappa shape index (κ3) is 6.15. The summed E-state index contributed by atoms with van der Waals surface area (Å²) in [7, 11) is 6.14. The molecule has 1 atom stereocenters. The van der Waals surface area contributed by atoms with E-state index in [0.29, 0.717) is 53.3 Å². The predicted octanol–water partition coefficient (Wildman–Crippen LogP) is 4.69. The third-order valence-corrected chi connectivity index (χ3v) is 7.46. The number of nitrogens with zero attached hydrogens (tertiary/aromatic N) is 3. The molecule has 0 fully saturated rings. The van der Waals surface area contributed by atoms with Gasteiger partial charge in [-0.2, -0.15) is 0 Å². The standard InChI is InChI=1S/C32H32FN3O7/c1-39-27-13-11-23-24(16-26(27)37)25(12-7-20-15-28(40-2)31(41-3)32(42-4)30(20)23)36-17-22(34-35-36)10-14-29(38)43-18-19-5-8-21(33)9-6-19/h5-6,8-9,11,13,15-17,25H,7,10,12,14,18H2,1-4H3/t25-/m0/s1. The molecule has 4 aromatic rings. The van der Waals surface area contributed by atoms with Crippen molar-refractivity contribution in [3.63, 3.8) is 0 Å². The number of benzene rings is 2. The van der Waals surface area contributed by atoms with Gasteiger partial charge in [-0.05, 0) is 65.4 Å². The van der Waals surface area contributed by atoms with E-state index in [1.165, 1.54) is 19.2 Å². The highest BCUT2D eigenvalue weighted by molar-refractivity contribution is 5.82. The lowest BCUT2D eigenvalue weighted by atomic mass is 9.95. The van der Waals surface area contributed by atoms with Gasteiger partial charge >= 0.3 is 5.97 Å². The number of halogens is 1. The first-order valence-electron chi connectivity index (χ1n) is 13.7. The molecule has 0 amide bonds. The molecule has 1 aliphatic carbocycles. The SMILES string of the molecule is COc1cc2c(c(OC)c1OC)-c1ccc(OC)c(=O)cc1[C@@H](n1cc(CCC(=O)OCc3ccc(F)cc3)nn1)CC2. The minimum absolute atomic E-state index is 0.0578. The van der Waals surface area contributed by atoms with Crippen molar-refractivity contribution >= 4 is 5.97 Å². The highest BCUT2D eigenvalue weighted by Gasteiger charge is 2.30. The number of esters is 1. The number of ether oxygens (including phenoxy) is 5. The summed E-state index contributed by atoms with van der Waals surface area (Å²) in [4.78, 5) is 25.5. The Morgan fingerprint density at radius 1 is 0.953 bits per heavy atom. The van der Waals surface area contributed by atoms with Crippen molar-refractivity contribution < 1.29 is 32.9 Å². The van der Waals surface area contributed by atoms with E-state index in [4.69, 9.17) is 23.7 Å². The minimum Gasteiger partial charge on any atom is -0.493 e. The molecule has 5 rings (SSSR count). The van der Waals surface area contributed by atoms with Crippen molar-refractivity contribution in [2.45, 2.75) is 38.3 Å². The van der Waals surface area contributed by atoms with Crippen LogP contribution in [0.2, 0.25) is 0 Å². The van der Waals surface area contributed by atoms with Crippen LogP contribution < -0.4 is 24.4 Å². The van der Waals surface area contributed by atoms with Gasteiger partial charge in [0.05, 0.1) is 46.6 Å². The molecule has 1 aliphatic rings. The van der Waals surface area contributed by atoms with Crippen LogP contribution in [0, 0.1) is 5.82 Å². The zero-order chi connectivity index (χ0) is 30.5. The second-order valence-corrected chi connectivity index (χ2v) is 9.99. The van der Waals surface area contributed by atoms with Crippen molar-refractivity contribution in [2.24, 2.45) is 0 Å². The van der Waals surface area contributed by atoms with E-state index in [1.807, 2.05) is 12.1 Å². The van der Waals surface area contributed by atoms with Crippen molar-refractivity contribution in [3.05, 3.63) is 93.2 Å². The first-order chi connectivity index (χ1) is 20.9. The Hall–Kier alpha value is -4.93. The molecule has 3 aromatic carbocycles. The van der Waals surface area contributed by atoms with E-state index in [0.717, 1.165) is 16.7 Å². The molecular weight excluding hydrogens is 557 g/mol. The van der Waals surface area contributed by atoms with Gasteiger partial charge in [-0.1, -0.05) is 23.4 Å². The average molecular weight is 590 g/mol. The number of hydrogen-bond donors (Lipinski definition) is 0. The summed E-state index contributed by atoms with van der Waals surface area (Å²) in [6.07, 6.45) is 3.40. The topological polar surface area (TPSA) is 111 Å². The van der Waals surface area contributed by atoms with Crippen LogP contribution in [0.25, 0.3) is 11.1 Å². The maximum atomic E-state index is 13.1. The number of aromatic nitrogens is 3. The second kappa shape index (κ2) is 12.9. The number of fused-ring (bicyclic) bond motifs is 3. The number of carbonyl (C=O) groups is 1. The van der Waals surface area contributed by atoms with Crippen molar-refractivity contribution in [1.82, 2.24) is 15.0 Å². The lowest BCUT2D eigenvalue weighted by Crippen LogP contribution is -2.13. The van der Waals surface area contributed by atoms with Crippen LogP contribution in [0.3, 0.4) is 0 Å². The van der Waals surface area contributed by atoms with E-state index < -0.39 is 5.97 Å². The predicted molar refractivity (Wildman–Crippen MR) is 155 cm³/mol. The normalized spacial score (nSPS) is 13.7.